The third-order valence-corrected chi connectivity index (χ3v) is 8.85. The van der Waals surface area contributed by atoms with E-state index in [-0.39, 0.29) is 24.7 Å². The van der Waals surface area contributed by atoms with Crippen LogP contribution in [-0.2, 0) is 21.3 Å². The van der Waals surface area contributed by atoms with E-state index in [1.807, 2.05) is 6.07 Å². The molecule has 224 valence electrons. The van der Waals surface area contributed by atoms with Crippen molar-refractivity contribution in [2.24, 2.45) is 4.99 Å². The Balaban J connectivity index is 0.00000368. The smallest absolute Gasteiger partial charge is 0.240 e. The van der Waals surface area contributed by atoms with Gasteiger partial charge in [0.1, 0.15) is 5.82 Å². The molecule has 12 heteroatoms. The summed E-state index contributed by atoms with van der Waals surface area (Å²) in [4.78, 5) is 16.3. The summed E-state index contributed by atoms with van der Waals surface area (Å²) >= 11 is 6.35. The van der Waals surface area contributed by atoms with E-state index in [2.05, 4.69) is 19.9 Å². The summed E-state index contributed by atoms with van der Waals surface area (Å²) in [6, 6.07) is 18.3. The van der Waals surface area contributed by atoms with E-state index in [9.17, 15) is 12.8 Å². The molecule has 0 bridgehead atoms. The monoisotopic (exact) mass is 622 g/mol. The lowest BCUT2D eigenvalue weighted by atomic mass is 9.95. The number of ether oxygens (including phenoxy) is 1. The Morgan fingerprint density at radius 2 is 1.74 bits per heavy atom. The second-order valence-corrected chi connectivity index (χ2v) is 12.1. The average molecular weight is 623 g/mol. The van der Waals surface area contributed by atoms with Crippen LogP contribution in [0, 0.1) is 5.82 Å². The predicted octanol–water partition coefficient (Wildman–Crippen LogP) is 5.28. The molecule has 6 rings (SSSR count). The number of hydrogen-bond donors (Lipinski definition) is 2. The number of morpholine rings is 1. The molecule has 1 aromatic heterocycles. The number of sulfonamides is 1. The number of anilines is 2. The predicted molar refractivity (Wildman–Crippen MR) is 167 cm³/mol. The van der Waals surface area contributed by atoms with Gasteiger partial charge in [-0.1, -0.05) is 37.2 Å². The number of aromatic nitrogens is 2. The van der Waals surface area contributed by atoms with Crippen molar-refractivity contribution in [3.8, 4) is 11.3 Å². The van der Waals surface area contributed by atoms with Crippen LogP contribution in [0.2, 0.25) is 5.02 Å². The first kappa shape index (κ1) is 30.7. The Morgan fingerprint density at radius 1 is 0.977 bits per heavy atom. The van der Waals surface area contributed by atoms with E-state index in [0.29, 0.717) is 65.5 Å². The van der Waals surface area contributed by atoms with Crippen molar-refractivity contribution in [3.63, 3.8) is 0 Å². The number of hydrogen-bond acceptors (Lipinski definition) is 8. The molecule has 1 fully saturated rings. The first-order valence-corrected chi connectivity index (χ1v) is 15.4. The van der Waals surface area contributed by atoms with Gasteiger partial charge in [0.15, 0.2) is 0 Å². The number of nitrogens with one attached hydrogen (secondary N) is 2. The van der Waals surface area contributed by atoms with Gasteiger partial charge in [0.05, 0.1) is 36.1 Å². The SMILES string of the molecule is C.O=S(=O)(NCCN1CCOCC1)c1ccc(Nc2ncc3c(n2)-c2ccc(Cl)cc2C(c2ccccc2F)=NC3)cc1. The van der Waals surface area contributed by atoms with Crippen LogP contribution in [0.25, 0.3) is 11.3 Å². The molecule has 0 spiro atoms. The van der Waals surface area contributed by atoms with E-state index in [0.717, 1.165) is 24.2 Å². The molecule has 0 atom stereocenters. The van der Waals surface area contributed by atoms with Crippen LogP contribution in [0.15, 0.2) is 82.8 Å². The lowest BCUT2D eigenvalue weighted by Crippen LogP contribution is -2.41. The van der Waals surface area contributed by atoms with Crippen LogP contribution < -0.4 is 10.0 Å². The minimum absolute atomic E-state index is 0. The molecule has 2 N–H and O–H groups in total. The van der Waals surface area contributed by atoms with Gasteiger partial charge < -0.3 is 10.1 Å². The van der Waals surface area contributed by atoms with E-state index < -0.39 is 10.0 Å². The van der Waals surface area contributed by atoms with Gasteiger partial charge >= 0.3 is 0 Å². The quantitative estimate of drug-likeness (QED) is 0.275. The van der Waals surface area contributed by atoms with E-state index in [1.54, 1.807) is 48.7 Å². The highest BCUT2D eigenvalue weighted by atomic mass is 35.5. The Hall–Kier alpha value is -3.74. The summed E-state index contributed by atoms with van der Waals surface area (Å²) in [6.45, 7) is 4.13. The number of rotatable bonds is 8. The molecule has 4 aromatic rings. The van der Waals surface area contributed by atoms with Gasteiger partial charge in [0.2, 0.25) is 16.0 Å². The van der Waals surface area contributed by atoms with E-state index in [1.165, 1.54) is 18.2 Å². The molecule has 0 unspecified atom stereocenters. The Labute approximate surface area is 255 Å². The molecule has 3 aromatic carbocycles. The number of nitrogens with zero attached hydrogens (tertiary/aromatic N) is 4. The second kappa shape index (κ2) is 13.3. The lowest BCUT2D eigenvalue weighted by molar-refractivity contribution is 0.0390. The highest BCUT2D eigenvalue weighted by Crippen LogP contribution is 2.34. The molecule has 0 saturated carbocycles. The molecule has 0 aliphatic carbocycles. The third kappa shape index (κ3) is 6.92. The van der Waals surface area contributed by atoms with Crippen molar-refractivity contribution in [1.82, 2.24) is 19.6 Å². The first-order chi connectivity index (χ1) is 20.4. The standard InChI is InChI=1S/C30H28ClFN6O3S.CH4/c31-21-5-10-24-26(17-21)29(25-3-1-2-4-27(25)32)33-18-20-19-34-30(37-28(20)24)36-22-6-8-23(9-7-22)42(39,40)35-11-12-38-13-15-41-16-14-38;/h1-10,17,19,35H,11-16,18H2,(H,34,36,37);1H4. The molecule has 3 heterocycles. The second-order valence-electron chi connectivity index (χ2n) is 9.90. The van der Waals surface area contributed by atoms with Crippen LogP contribution in [0.3, 0.4) is 0 Å². The van der Waals surface area contributed by atoms with Crippen molar-refractivity contribution in [2.75, 3.05) is 44.7 Å². The van der Waals surface area contributed by atoms with Gasteiger partial charge in [0.25, 0.3) is 0 Å². The summed E-state index contributed by atoms with van der Waals surface area (Å²) in [5, 5.41) is 3.65. The summed E-state index contributed by atoms with van der Waals surface area (Å²) < 4.78 is 48.3. The topological polar surface area (TPSA) is 109 Å². The maximum Gasteiger partial charge on any atom is 0.240 e. The van der Waals surface area contributed by atoms with E-state index >= 15 is 0 Å². The maximum atomic E-state index is 14.8. The summed E-state index contributed by atoms with van der Waals surface area (Å²) in [5.74, 6) is -0.0532. The van der Waals surface area contributed by atoms with Crippen LogP contribution in [0.5, 0.6) is 0 Å². The van der Waals surface area contributed by atoms with Gasteiger partial charge in [-0.15, -0.1) is 0 Å². The first-order valence-electron chi connectivity index (χ1n) is 13.5. The van der Waals surface area contributed by atoms with Gasteiger partial charge in [0, 0.05) is 65.3 Å². The van der Waals surface area contributed by atoms with Gasteiger partial charge in [-0.05, 0) is 48.5 Å². The minimum atomic E-state index is -3.65. The molecule has 0 radical (unpaired) electrons. The van der Waals surface area contributed by atoms with Crippen LogP contribution in [0.1, 0.15) is 24.1 Å². The van der Waals surface area contributed by atoms with Crippen molar-refractivity contribution >= 4 is 39.0 Å². The number of fused-ring (bicyclic) bond motifs is 3. The number of benzene rings is 3. The molecule has 1 saturated heterocycles. The van der Waals surface area contributed by atoms with Crippen molar-refractivity contribution in [3.05, 3.63) is 100 Å². The average Bonchev–Trinajstić information content (AvgIpc) is 3.14. The highest BCUT2D eigenvalue weighted by molar-refractivity contribution is 7.89. The summed E-state index contributed by atoms with van der Waals surface area (Å²) in [5.41, 5.74) is 4.35. The van der Waals surface area contributed by atoms with Crippen LogP contribution in [-0.4, -0.2) is 68.4 Å². The zero-order valence-electron chi connectivity index (χ0n) is 22.6. The lowest BCUT2D eigenvalue weighted by Gasteiger charge is -2.26. The molecular formula is C31H32ClFN6O3S. The number of halogens is 2. The fourth-order valence-electron chi connectivity index (χ4n) is 4.96. The van der Waals surface area contributed by atoms with Crippen LogP contribution >= 0.6 is 11.6 Å². The molecule has 2 aliphatic rings. The Bertz CT molecular complexity index is 1750. The molecule has 9 nitrogen and oxygen atoms in total. The molecule has 2 aliphatic heterocycles. The van der Waals surface area contributed by atoms with Crippen molar-refractivity contribution in [2.45, 2.75) is 18.9 Å². The summed E-state index contributed by atoms with van der Waals surface area (Å²) in [7, 11) is -3.65. The fraction of sp³-hybridized carbons (Fsp3) is 0.258. The minimum Gasteiger partial charge on any atom is -0.379 e. The van der Waals surface area contributed by atoms with Crippen molar-refractivity contribution in [1.29, 1.82) is 0 Å². The van der Waals surface area contributed by atoms with Crippen LogP contribution in [0.4, 0.5) is 16.0 Å². The Kier molecular flexibility index (Phi) is 9.48. The summed E-state index contributed by atoms with van der Waals surface area (Å²) in [6.07, 6.45) is 1.69. The normalized spacial score (nSPS) is 15.0. The largest absolute Gasteiger partial charge is 0.379 e. The van der Waals surface area contributed by atoms with Gasteiger partial charge in [-0.2, -0.15) is 0 Å². The van der Waals surface area contributed by atoms with Gasteiger partial charge in [-0.3, -0.25) is 9.89 Å². The Morgan fingerprint density at radius 3 is 2.51 bits per heavy atom. The molecule has 0 amide bonds. The zero-order chi connectivity index (χ0) is 29.1. The molecular weight excluding hydrogens is 591 g/mol. The number of aliphatic imine (C=N–C) groups is 1. The highest BCUT2D eigenvalue weighted by Gasteiger charge is 2.23. The fourth-order valence-corrected chi connectivity index (χ4v) is 6.15. The molecule has 43 heavy (non-hydrogen) atoms. The maximum absolute atomic E-state index is 14.8. The van der Waals surface area contributed by atoms with E-state index in [4.69, 9.17) is 26.3 Å². The van der Waals surface area contributed by atoms with Gasteiger partial charge in [-0.25, -0.2) is 27.5 Å². The third-order valence-electron chi connectivity index (χ3n) is 7.14. The van der Waals surface area contributed by atoms with Crippen molar-refractivity contribution < 1.29 is 17.5 Å². The zero-order valence-corrected chi connectivity index (χ0v) is 24.1.